The molecule has 21 heavy (non-hydrogen) atoms. The standard InChI is InChI=1S/C14H22N2O4S/c1-3-20-12-5-4-8-16(10-12)21(17,18)14-9-11(15)6-7-13(14)19-2/h6-7,9,12H,3-5,8,10,15H2,1-2H3. The van der Waals surface area contributed by atoms with Crippen LogP contribution in [0.2, 0.25) is 0 Å². The van der Waals surface area contributed by atoms with Crippen LogP contribution in [0, 0.1) is 0 Å². The summed E-state index contributed by atoms with van der Waals surface area (Å²) in [6.07, 6.45) is 1.62. The summed E-state index contributed by atoms with van der Waals surface area (Å²) in [7, 11) is -2.18. The zero-order valence-corrected chi connectivity index (χ0v) is 13.2. The van der Waals surface area contributed by atoms with Crippen molar-refractivity contribution in [2.75, 3.05) is 32.5 Å². The van der Waals surface area contributed by atoms with Crippen molar-refractivity contribution >= 4 is 15.7 Å². The number of hydrogen-bond acceptors (Lipinski definition) is 5. The molecular formula is C14H22N2O4S. The number of rotatable bonds is 5. The van der Waals surface area contributed by atoms with Gasteiger partial charge in [0.2, 0.25) is 10.0 Å². The highest BCUT2D eigenvalue weighted by molar-refractivity contribution is 7.89. The minimum Gasteiger partial charge on any atom is -0.495 e. The van der Waals surface area contributed by atoms with Crippen molar-refractivity contribution in [2.45, 2.75) is 30.8 Å². The molecule has 1 aromatic rings. The summed E-state index contributed by atoms with van der Waals surface area (Å²) in [5.74, 6) is 0.308. The number of benzene rings is 1. The molecule has 1 aliphatic rings. The van der Waals surface area contributed by atoms with E-state index in [-0.39, 0.29) is 11.0 Å². The smallest absolute Gasteiger partial charge is 0.246 e. The summed E-state index contributed by atoms with van der Waals surface area (Å²) in [6, 6.07) is 4.64. The molecule has 1 unspecified atom stereocenters. The molecule has 0 spiro atoms. The number of methoxy groups -OCH3 is 1. The highest BCUT2D eigenvalue weighted by Gasteiger charge is 2.32. The van der Waals surface area contributed by atoms with Crippen molar-refractivity contribution in [1.82, 2.24) is 4.31 Å². The molecule has 0 bridgehead atoms. The first-order chi connectivity index (χ1) is 9.98. The van der Waals surface area contributed by atoms with Crippen LogP contribution in [0.1, 0.15) is 19.8 Å². The Bertz CT molecular complexity index is 587. The van der Waals surface area contributed by atoms with Crippen molar-refractivity contribution in [1.29, 1.82) is 0 Å². The lowest BCUT2D eigenvalue weighted by atomic mass is 10.1. The first kappa shape index (κ1) is 16.1. The van der Waals surface area contributed by atoms with E-state index in [2.05, 4.69) is 0 Å². The quantitative estimate of drug-likeness (QED) is 0.832. The molecule has 0 saturated carbocycles. The van der Waals surface area contributed by atoms with E-state index in [0.717, 1.165) is 12.8 Å². The van der Waals surface area contributed by atoms with Gasteiger partial charge in [-0.1, -0.05) is 0 Å². The highest BCUT2D eigenvalue weighted by Crippen LogP contribution is 2.30. The lowest BCUT2D eigenvalue weighted by Crippen LogP contribution is -2.43. The molecule has 6 nitrogen and oxygen atoms in total. The van der Waals surface area contributed by atoms with Gasteiger partial charge in [-0.3, -0.25) is 0 Å². The number of nitrogen functional groups attached to an aromatic ring is 1. The van der Waals surface area contributed by atoms with Crippen LogP contribution in [0.25, 0.3) is 0 Å². The van der Waals surface area contributed by atoms with E-state index in [0.29, 0.717) is 31.1 Å². The molecule has 1 heterocycles. The molecule has 7 heteroatoms. The van der Waals surface area contributed by atoms with Crippen molar-refractivity contribution in [2.24, 2.45) is 0 Å². The molecule has 118 valence electrons. The Morgan fingerprint density at radius 1 is 1.43 bits per heavy atom. The Balaban J connectivity index is 2.31. The normalized spacial score (nSPS) is 20.4. The van der Waals surface area contributed by atoms with Gasteiger partial charge < -0.3 is 15.2 Å². The minimum absolute atomic E-state index is 0.0504. The highest BCUT2D eigenvalue weighted by atomic mass is 32.2. The first-order valence-electron chi connectivity index (χ1n) is 7.04. The Morgan fingerprint density at radius 3 is 2.86 bits per heavy atom. The van der Waals surface area contributed by atoms with Crippen LogP contribution in [0.3, 0.4) is 0 Å². The molecule has 0 aromatic heterocycles. The van der Waals surface area contributed by atoms with E-state index >= 15 is 0 Å². The third-order valence-corrected chi connectivity index (χ3v) is 5.44. The number of ether oxygens (including phenoxy) is 2. The average Bonchev–Trinajstić information content (AvgIpc) is 2.48. The van der Waals surface area contributed by atoms with Gasteiger partial charge in [0.25, 0.3) is 0 Å². The Hall–Kier alpha value is -1.31. The predicted octanol–water partition coefficient (Wildman–Crippen LogP) is 1.47. The fraction of sp³-hybridized carbons (Fsp3) is 0.571. The van der Waals surface area contributed by atoms with Gasteiger partial charge in [0.05, 0.1) is 13.2 Å². The number of nitrogens with zero attached hydrogens (tertiary/aromatic N) is 1. The van der Waals surface area contributed by atoms with Gasteiger partial charge in [-0.15, -0.1) is 0 Å². The molecule has 0 amide bonds. The molecular weight excluding hydrogens is 292 g/mol. The SMILES string of the molecule is CCOC1CCCN(S(=O)(=O)c2cc(N)ccc2OC)C1. The van der Waals surface area contributed by atoms with Crippen molar-refractivity contribution in [3.8, 4) is 5.75 Å². The summed E-state index contributed by atoms with van der Waals surface area (Å²) in [6.45, 7) is 3.35. The van der Waals surface area contributed by atoms with Gasteiger partial charge in [-0.2, -0.15) is 4.31 Å². The molecule has 2 rings (SSSR count). The van der Waals surface area contributed by atoms with E-state index in [1.807, 2.05) is 6.92 Å². The Labute approximate surface area is 125 Å². The third kappa shape index (κ3) is 3.48. The van der Waals surface area contributed by atoms with Gasteiger partial charge in [0, 0.05) is 25.4 Å². The molecule has 1 saturated heterocycles. The summed E-state index contributed by atoms with van der Waals surface area (Å²) in [5, 5.41) is 0. The van der Waals surface area contributed by atoms with Crippen LogP contribution in [0.4, 0.5) is 5.69 Å². The van der Waals surface area contributed by atoms with Crippen LogP contribution < -0.4 is 10.5 Å². The third-order valence-electron chi connectivity index (χ3n) is 3.55. The van der Waals surface area contributed by atoms with Crippen LogP contribution in [-0.4, -0.2) is 45.6 Å². The van der Waals surface area contributed by atoms with E-state index < -0.39 is 10.0 Å². The van der Waals surface area contributed by atoms with Gasteiger partial charge >= 0.3 is 0 Å². The maximum Gasteiger partial charge on any atom is 0.246 e. The number of anilines is 1. The summed E-state index contributed by atoms with van der Waals surface area (Å²) < 4.78 is 37.8. The Morgan fingerprint density at radius 2 is 2.19 bits per heavy atom. The van der Waals surface area contributed by atoms with Crippen LogP contribution in [-0.2, 0) is 14.8 Å². The van der Waals surface area contributed by atoms with Gasteiger partial charge in [0.1, 0.15) is 10.6 Å². The topological polar surface area (TPSA) is 81.9 Å². The lowest BCUT2D eigenvalue weighted by Gasteiger charge is -2.32. The monoisotopic (exact) mass is 314 g/mol. The molecule has 2 N–H and O–H groups in total. The minimum atomic E-state index is -3.63. The van der Waals surface area contributed by atoms with Crippen molar-refractivity contribution < 1.29 is 17.9 Å². The maximum absolute atomic E-state index is 12.8. The van der Waals surface area contributed by atoms with Gasteiger partial charge in [-0.25, -0.2) is 8.42 Å². The van der Waals surface area contributed by atoms with Crippen LogP contribution in [0.15, 0.2) is 23.1 Å². The fourth-order valence-electron chi connectivity index (χ4n) is 2.53. The molecule has 1 aliphatic heterocycles. The van der Waals surface area contributed by atoms with Crippen molar-refractivity contribution in [3.05, 3.63) is 18.2 Å². The molecule has 1 fully saturated rings. The van der Waals surface area contributed by atoms with Crippen LogP contribution in [0.5, 0.6) is 5.75 Å². The van der Waals surface area contributed by atoms with Crippen LogP contribution >= 0.6 is 0 Å². The largest absolute Gasteiger partial charge is 0.495 e. The van der Waals surface area contributed by atoms with Gasteiger partial charge in [0.15, 0.2) is 0 Å². The second-order valence-corrected chi connectivity index (χ2v) is 6.90. The van der Waals surface area contributed by atoms with Gasteiger partial charge in [-0.05, 0) is 38.0 Å². The molecule has 0 radical (unpaired) electrons. The second-order valence-electron chi connectivity index (χ2n) is 4.99. The lowest BCUT2D eigenvalue weighted by molar-refractivity contribution is 0.0265. The molecule has 1 atom stereocenters. The molecule has 1 aromatic carbocycles. The zero-order chi connectivity index (χ0) is 15.5. The number of nitrogens with two attached hydrogens (primary N) is 1. The second kappa shape index (κ2) is 6.64. The Kier molecular flexibility index (Phi) is 5.08. The summed E-state index contributed by atoms with van der Waals surface area (Å²) in [4.78, 5) is 0.113. The predicted molar refractivity (Wildman–Crippen MR) is 80.8 cm³/mol. The van der Waals surface area contributed by atoms with E-state index in [4.69, 9.17) is 15.2 Å². The first-order valence-corrected chi connectivity index (χ1v) is 8.48. The zero-order valence-electron chi connectivity index (χ0n) is 12.4. The maximum atomic E-state index is 12.8. The summed E-state index contributed by atoms with van der Waals surface area (Å²) in [5.41, 5.74) is 6.12. The average molecular weight is 314 g/mol. The summed E-state index contributed by atoms with van der Waals surface area (Å²) >= 11 is 0. The van der Waals surface area contributed by atoms with Crippen molar-refractivity contribution in [3.63, 3.8) is 0 Å². The van der Waals surface area contributed by atoms with E-state index in [1.54, 1.807) is 12.1 Å². The molecule has 0 aliphatic carbocycles. The number of hydrogen-bond donors (Lipinski definition) is 1. The fourth-order valence-corrected chi connectivity index (χ4v) is 4.23. The van der Waals surface area contributed by atoms with E-state index in [1.165, 1.54) is 17.5 Å². The van der Waals surface area contributed by atoms with E-state index in [9.17, 15) is 8.42 Å². The number of sulfonamides is 1. The number of piperidine rings is 1.